The predicted octanol–water partition coefficient (Wildman–Crippen LogP) is 1.26. The van der Waals surface area contributed by atoms with Crippen molar-refractivity contribution >= 4 is 0 Å². The van der Waals surface area contributed by atoms with Gasteiger partial charge in [-0.15, -0.1) is 0 Å². The van der Waals surface area contributed by atoms with Crippen molar-refractivity contribution < 1.29 is 4.74 Å². The number of rotatable bonds is 1. The van der Waals surface area contributed by atoms with E-state index in [4.69, 9.17) is 10.5 Å². The van der Waals surface area contributed by atoms with Gasteiger partial charge in [-0.25, -0.2) is 0 Å². The summed E-state index contributed by atoms with van der Waals surface area (Å²) in [5.74, 6) is 0. The van der Waals surface area contributed by atoms with Crippen LogP contribution in [0, 0.1) is 0 Å². The van der Waals surface area contributed by atoms with Crippen molar-refractivity contribution in [1.82, 2.24) is 0 Å². The minimum Gasteiger partial charge on any atom is -0.375 e. The monoisotopic (exact) mass is 163 g/mol. The zero-order valence-corrected chi connectivity index (χ0v) is 7.16. The van der Waals surface area contributed by atoms with Crippen LogP contribution in [0.25, 0.3) is 0 Å². The van der Waals surface area contributed by atoms with Gasteiger partial charge in [-0.1, -0.05) is 24.3 Å². The summed E-state index contributed by atoms with van der Waals surface area (Å²) in [6.07, 6.45) is 1.04. The highest BCUT2D eigenvalue weighted by Gasteiger charge is 2.28. The maximum atomic E-state index is 5.91. The fourth-order valence-corrected chi connectivity index (χ4v) is 1.89. The van der Waals surface area contributed by atoms with Gasteiger partial charge >= 0.3 is 0 Å². The molecular weight excluding hydrogens is 150 g/mol. The van der Waals surface area contributed by atoms with Gasteiger partial charge in [0.15, 0.2) is 0 Å². The lowest BCUT2D eigenvalue weighted by Gasteiger charge is -2.13. The first-order valence-corrected chi connectivity index (χ1v) is 4.19. The lowest BCUT2D eigenvalue weighted by atomic mass is 10.1. The highest BCUT2D eigenvalue weighted by Crippen LogP contribution is 2.32. The van der Waals surface area contributed by atoms with Crippen molar-refractivity contribution in [1.29, 1.82) is 0 Å². The fraction of sp³-hybridized carbons (Fsp3) is 0.400. The maximum Gasteiger partial charge on any atom is 0.0977 e. The molecule has 1 aromatic carbocycles. The standard InChI is InChI=1S/C10H13NO/c1-12-10-8-5-3-2-4-7(8)6-9(10)11/h2-5,9-10H,6,11H2,1H3/t9-,10-/m0/s1. The molecule has 2 nitrogen and oxygen atoms in total. The molecule has 1 aliphatic rings. The third-order valence-electron chi connectivity index (χ3n) is 2.46. The number of benzene rings is 1. The molecule has 12 heavy (non-hydrogen) atoms. The van der Waals surface area contributed by atoms with E-state index >= 15 is 0 Å². The Labute approximate surface area is 72.3 Å². The molecule has 0 aliphatic heterocycles. The smallest absolute Gasteiger partial charge is 0.0977 e. The van der Waals surface area contributed by atoms with Crippen LogP contribution < -0.4 is 5.73 Å². The van der Waals surface area contributed by atoms with Gasteiger partial charge in [0, 0.05) is 13.2 Å². The summed E-state index contributed by atoms with van der Waals surface area (Å²) < 4.78 is 5.32. The van der Waals surface area contributed by atoms with Crippen LogP contribution in [0.4, 0.5) is 0 Å². The van der Waals surface area contributed by atoms with Crippen molar-refractivity contribution in [3.8, 4) is 0 Å². The number of ether oxygens (including phenoxy) is 1. The summed E-state index contributed by atoms with van der Waals surface area (Å²) in [6, 6.07) is 8.42. The summed E-state index contributed by atoms with van der Waals surface area (Å²) in [4.78, 5) is 0. The SMILES string of the molecule is CO[C@H]1c2ccccc2C[C@@H]1N. The molecule has 2 heteroatoms. The van der Waals surface area contributed by atoms with E-state index in [0.29, 0.717) is 0 Å². The molecule has 0 aromatic heterocycles. The van der Waals surface area contributed by atoms with E-state index in [1.165, 1.54) is 11.1 Å². The number of methoxy groups -OCH3 is 1. The van der Waals surface area contributed by atoms with E-state index in [1.54, 1.807) is 7.11 Å². The molecule has 64 valence electrons. The Morgan fingerprint density at radius 2 is 2.17 bits per heavy atom. The fourth-order valence-electron chi connectivity index (χ4n) is 1.89. The Hall–Kier alpha value is -0.860. The number of fused-ring (bicyclic) bond motifs is 1. The van der Waals surface area contributed by atoms with Crippen molar-refractivity contribution in [2.75, 3.05) is 7.11 Å². The van der Waals surface area contributed by atoms with Gasteiger partial charge in [0.1, 0.15) is 0 Å². The Bertz CT molecular complexity index is 285. The Balaban J connectivity index is 2.40. The molecule has 2 atom stereocenters. The molecule has 0 fully saturated rings. The molecule has 1 aromatic rings. The van der Waals surface area contributed by atoms with Crippen LogP contribution in [-0.2, 0) is 11.2 Å². The highest BCUT2D eigenvalue weighted by atomic mass is 16.5. The zero-order chi connectivity index (χ0) is 8.55. The van der Waals surface area contributed by atoms with Crippen LogP contribution in [0.3, 0.4) is 0 Å². The van der Waals surface area contributed by atoms with Crippen molar-refractivity contribution in [3.05, 3.63) is 35.4 Å². The van der Waals surface area contributed by atoms with Crippen molar-refractivity contribution in [2.45, 2.75) is 18.6 Å². The molecule has 0 bridgehead atoms. The average molecular weight is 163 g/mol. The van der Waals surface area contributed by atoms with E-state index < -0.39 is 0 Å². The van der Waals surface area contributed by atoms with Crippen LogP contribution in [0.1, 0.15) is 17.2 Å². The van der Waals surface area contributed by atoms with E-state index in [2.05, 4.69) is 12.1 Å². The minimum absolute atomic E-state index is 0.0983. The molecule has 0 spiro atoms. The summed E-state index contributed by atoms with van der Waals surface area (Å²) in [5.41, 5.74) is 8.50. The van der Waals surface area contributed by atoms with Crippen LogP contribution in [0.15, 0.2) is 24.3 Å². The number of hydrogen-bond acceptors (Lipinski definition) is 2. The molecule has 0 unspecified atom stereocenters. The molecule has 0 radical (unpaired) electrons. The Morgan fingerprint density at radius 3 is 2.92 bits per heavy atom. The lowest BCUT2D eigenvalue weighted by molar-refractivity contribution is 0.0903. The number of nitrogens with two attached hydrogens (primary N) is 1. The summed E-state index contributed by atoms with van der Waals surface area (Å²) >= 11 is 0. The van der Waals surface area contributed by atoms with Gasteiger partial charge in [0.2, 0.25) is 0 Å². The van der Waals surface area contributed by atoms with Gasteiger partial charge in [0.05, 0.1) is 6.10 Å². The van der Waals surface area contributed by atoms with Crippen molar-refractivity contribution in [2.24, 2.45) is 5.73 Å². The second-order valence-corrected chi connectivity index (χ2v) is 3.22. The summed E-state index contributed by atoms with van der Waals surface area (Å²) in [7, 11) is 1.71. The molecule has 0 saturated carbocycles. The quantitative estimate of drug-likeness (QED) is 0.676. The van der Waals surface area contributed by atoms with E-state index in [1.807, 2.05) is 12.1 Å². The van der Waals surface area contributed by atoms with Gasteiger partial charge in [-0.05, 0) is 17.5 Å². The van der Waals surface area contributed by atoms with Gasteiger partial charge in [0.25, 0.3) is 0 Å². The summed E-state index contributed by atoms with van der Waals surface area (Å²) in [5, 5.41) is 0. The molecule has 2 rings (SSSR count). The molecule has 0 heterocycles. The first kappa shape index (κ1) is 7.77. The zero-order valence-electron chi connectivity index (χ0n) is 7.16. The lowest BCUT2D eigenvalue weighted by Crippen LogP contribution is -2.25. The first-order chi connectivity index (χ1) is 5.83. The van der Waals surface area contributed by atoms with E-state index in [9.17, 15) is 0 Å². The highest BCUT2D eigenvalue weighted by molar-refractivity contribution is 5.35. The van der Waals surface area contributed by atoms with Gasteiger partial charge in [-0.2, -0.15) is 0 Å². The second kappa shape index (κ2) is 2.88. The molecular formula is C10H13NO. The molecule has 0 amide bonds. The molecule has 0 saturated heterocycles. The van der Waals surface area contributed by atoms with Crippen LogP contribution in [0.5, 0.6) is 0 Å². The van der Waals surface area contributed by atoms with Crippen LogP contribution in [0.2, 0.25) is 0 Å². The first-order valence-electron chi connectivity index (χ1n) is 4.19. The second-order valence-electron chi connectivity index (χ2n) is 3.22. The van der Waals surface area contributed by atoms with Crippen LogP contribution >= 0.6 is 0 Å². The van der Waals surface area contributed by atoms with Crippen LogP contribution in [-0.4, -0.2) is 13.2 Å². The Kier molecular flexibility index (Phi) is 1.87. The topological polar surface area (TPSA) is 35.2 Å². The third kappa shape index (κ3) is 1.04. The average Bonchev–Trinajstić information content (AvgIpc) is 2.40. The minimum atomic E-state index is 0.0983. The molecule has 1 aliphatic carbocycles. The largest absolute Gasteiger partial charge is 0.375 e. The summed E-state index contributed by atoms with van der Waals surface area (Å²) in [6.45, 7) is 0. The van der Waals surface area contributed by atoms with E-state index in [0.717, 1.165) is 6.42 Å². The molecule has 2 N–H and O–H groups in total. The van der Waals surface area contributed by atoms with Crippen molar-refractivity contribution in [3.63, 3.8) is 0 Å². The third-order valence-corrected chi connectivity index (χ3v) is 2.46. The normalized spacial score (nSPS) is 27.2. The number of hydrogen-bond donors (Lipinski definition) is 1. The maximum absolute atomic E-state index is 5.91. The van der Waals surface area contributed by atoms with Gasteiger partial charge in [-0.3, -0.25) is 0 Å². The predicted molar refractivity (Wildman–Crippen MR) is 47.9 cm³/mol. The van der Waals surface area contributed by atoms with E-state index in [-0.39, 0.29) is 12.1 Å². The Morgan fingerprint density at radius 1 is 1.42 bits per heavy atom. The van der Waals surface area contributed by atoms with Gasteiger partial charge < -0.3 is 10.5 Å².